The second kappa shape index (κ2) is 7.15. The monoisotopic (exact) mass is 331 g/mol. The van der Waals surface area contributed by atoms with Gasteiger partial charge in [-0.05, 0) is 25.3 Å². The van der Waals surface area contributed by atoms with Crippen LogP contribution in [0.1, 0.15) is 68.0 Å². The number of amides is 1. The summed E-state index contributed by atoms with van der Waals surface area (Å²) in [4.78, 5) is 14.5. The summed E-state index contributed by atoms with van der Waals surface area (Å²) in [7, 11) is 0. The lowest BCUT2D eigenvalue weighted by molar-refractivity contribution is -0.132. The lowest BCUT2D eigenvalue weighted by Gasteiger charge is -2.32. The molecular weight excluding hydrogens is 306 g/mol. The van der Waals surface area contributed by atoms with Gasteiger partial charge in [-0.1, -0.05) is 13.8 Å². The van der Waals surface area contributed by atoms with Crippen molar-refractivity contribution in [2.45, 2.75) is 58.3 Å². The lowest BCUT2D eigenvalue weighted by atomic mass is 9.92. The molecule has 3 heterocycles. The first kappa shape index (κ1) is 16.7. The molecule has 2 aromatic rings. The summed E-state index contributed by atoms with van der Waals surface area (Å²) in [6.07, 6.45) is 4.87. The molecule has 1 amide bonds. The fraction of sp³-hybridized carbons (Fsp3) is 0.647. The molecule has 3 rings (SSSR count). The first-order valence-corrected chi connectivity index (χ1v) is 8.64. The van der Waals surface area contributed by atoms with E-state index in [-0.39, 0.29) is 11.8 Å². The summed E-state index contributed by atoms with van der Waals surface area (Å²) in [6.45, 7) is 7.65. The number of aromatic nitrogens is 4. The van der Waals surface area contributed by atoms with E-state index >= 15 is 0 Å². The second-order valence-corrected chi connectivity index (χ2v) is 6.83. The molecule has 0 bridgehead atoms. The van der Waals surface area contributed by atoms with Crippen LogP contribution in [0.25, 0.3) is 0 Å². The maximum atomic E-state index is 12.5. The van der Waals surface area contributed by atoms with Gasteiger partial charge in [0, 0.05) is 43.5 Å². The van der Waals surface area contributed by atoms with Gasteiger partial charge < -0.3 is 9.32 Å². The predicted octanol–water partition coefficient (Wildman–Crippen LogP) is 2.56. The van der Waals surface area contributed by atoms with Crippen LogP contribution in [0.5, 0.6) is 0 Å². The van der Waals surface area contributed by atoms with E-state index in [1.165, 1.54) is 5.56 Å². The van der Waals surface area contributed by atoms with E-state index in [1.54, 1.807) is 0 Å². The summed E-state index contributed by atoms with van der Waals surface area (Å²) in [6, 6.07) is 0. The molecule has 1 aliphatic rings. The number of nitrogens with zero attached hydrogens (tertiary/aromatic N) is 4. The zero-order valence-corrected chi connectivity index (χ0v) is 14.6. The summed E-state index contributed by atoms with van der Waals surface area (Å²) in [5.41, 5.74) is 2.33. The summed E-state index contributed by atoms with van der Waals surface area (Å²) in [5, 5.41) is 15.2. The van der Waals surface area contributed by atoms with Gasteiger partial charge in [0.1, 0.15) is 0 Å². The third-order valence-corrected chi connectivity index (χ3v) is 4.58. The fourth-order valence-electron chi connectivity index (χ4n) is 3.18. The Morgan fingerprint density at radius 3 is 2.96 bits per heavy atom. The van der Waals surface area contributed by atoms with E-state index in [0.29, 0.717) is 30.5 Å². The molecule has 0 spiro atoms. The summed E-state index contributed by atoms with van der Waals surface area (Å²) < 4.78 is 5.57. The van der Waals surface area contributed by atoms with Gasteiger partial charge in [-0.25, -0.2) is 0 Å². The van der Waals surface area contributed by atoms with E-state index in [2.05, 4.69) is 27.3 Å². The zero-order chi connectivity index (χ0) is 17.1. The maximum absolute atomic E-state index is 12.5. The number of aromatic amines is 1. The molecular formula is C17H25N5O2. The Kier molecular flexibility index (Phi) is 4.97. The Morgan fingerprint density at radius 1 is 1.46 bits per heavy atom. The minimum Gasteiger partial charge on any atom is -0.425 e. The van der Waals surface area contributed by atoms with Gasteiger partial charge in [0.25, 0.3) is 0 Å². The first-order chi connectivity index (χ1) is 11.5. The minimum absolute atomic E-state index is 0.154. The van der Waals surface area contributed by atoms with Gasteiger partial charge in [-0.2, -0.15) is 5.10 Å². The fourth-order valence-corrected chi connectivity index (χ4v) is 3.18. The maximum Gasteiger partial charge on any atom is 0.223 e. The van der Waals surface area contributed by atoms with Gasteiger partial charge in [-0.3, -0.25) is 9.89 Å². The average Bonchev–Trinajstić information content (AvgIpc) is 3.21. The van der Waals surface area contributed by atoms with Crippen LogP contribution in [0, 0.1) is 6.92 Å². The molecule has 1 aliphatic heterocycles. The zero-order valence-electron chi connectivity index (χ0n) is 14.6. The third-order valence-electron chi connectivity index (χ3n) is 4.58. The van der Waals surface area contributed by atoms with Crippen LogP contribution in [-0.4, -0.2) is 44.3 Å². The van der Waals surface area contributed by atoms with Crippen molar-refractivity contribution < 1.29 is 9.21 Å². The van der Waals surface area contributed by atoms with E-state index in [1.807, 2.05) is 24.9 Å². The van der Waals surface area contributed by atoms with Crippen LogP contribution in [0.2, 0.25) is 0 Å². The Labute approximate surface area is 141 Å². The summed E-state index contributed by atoms with van der Waals surface area (Å²) >= 11 is 0. The molecule has 24 heavy (non-hydrogen) atoms. The SMILES string of the molecule is Cc1cn[nH]c1C1CCCN(C(=O)CCc2nnc(C(C)C)o2)C1. The Bertz CT molecular complexity index is 691. The van der Waals surface area contributed by atoms with E-state index < -0.39 is 0 Å². The molecule has 130 valence electrons. The van der Waals surface area contributed by atoms with Crippen molar-refractivity contribution in [3.8, 4) is 0 Å². The van der Waals surface area contributed by atoms with Gasteiger partial charge in [0.05, 0.1) is 6.20 Å². The van der Waals surface area contributed by atoms with Crippen LogP contribution >= 0.6 is 0 Å². The molecule has 0 radical (unpaired) electrons. The van der Waals surface area contributed by atoms with Crippen LogP contribution in [-0.2, 0) is 11.2 Å². The number of carbonyl (C=O) groups excluding carboxylic acids is 1. The number of hydrogen-bond donors (Lipinski definition) is 1. The van der Waals surface area contributed by atoms with E-state index in [0.717, 1.165) is 31.6 Å². The number of nitrogens with one attached hydrogen (secondary N) is 1. The van der Waals surface area contributed by atoms with Crippen molar-refractivity contribution in [2.24, 2.45) is 0 Å². The molecule has 1 atom stereocenters. The van der Waals surface area contributed by atoms with Crippen molar-refractivity contribution in [1.82, 2.24) is 25.3 Å². The molecule has 1 N–H and O–H groups in total. The topological polar surface area (TPSA) is 87.9 Å². The minimum atomic E-state index is 0.154. The molecule has 0 aromatic carbocycles. The average molecular weight is 331 g/mol. The van der Waals surface area contributed by atoms with E-state index in [9.17, 15) is 4.79 Å². The Morgan fingerprint density at radius 2 is 2.29 bits per heavy atom. The van der Waals surface area contributed by atoms with Crippen LogP contribution in [0.4, 0.5) is 0 Å². The quantitative estimate of drug-likeness (QED) is 0.909. The van der Waals surface area contributed by atoms with Gasteiger partial charge in [0.15, 0.2) is 0 Å². The molecule has 0 saturated carbocycles. The lowest BCUT2D eigenvalue weighted by Crippen LogP contribution is -2.39. The highest BCUT2D eigenvalue weighted by Crippen LogP contribution is 2.27. The van der Waals surface area contributed by atoms with Crippen molar-refractivity contribution >= 4 is 5.91 Å². The highest BCUT2D eigenvalue weighted by molar-refractivity contribution is 5.76. The third kappa shape index (κ3) is 3.66. The number of piperidine rings is 1. The Balaban J connectivity index is 1.55. The normalized spacial score (nSPS) is 18.3. The van der Waals surface area contributed by atoms with Gasteiger partial charge >= 0.3 is 0 Å². The van der Waals surface area contributed by atoms with Crippen LogP contribution in [0.3, 0.4) is 0 Å². The summed E-state index contributed by atoms with van der Waals surface area (Å²) in [5.74, 6) is 1.89. The number of rotatable bonds is 5. The van der Waals surface area contributed by atoms with Crippen LogP contribution < -0.4 is 0 Å². The number of likely N-dealkylation sites (tertiary alicyclic amines) is 1. The molecule has 0 aliphatic carbocycles. The predicted molar refractivity (Wildman–Crippen MR) is 88.6 cm³/mol. The largest absolute Gasteiger partial charge is 0.425 e. The molecule has 1 unspecified atom stereocenters. The smallest absolute Gasteiger partial charge is 0.223 e. The van der Waals surface area contributed by atoms with Crippen molar-refractivity contribution in [3.05, 3.63) is 29.2 Å². The van der Waals surface area contributed by atoms with Crippen molar-refractivity contribution in [1.29, 1.82) is 0 Å². The number of H-pyrrole nitrogens is 1. The van der Waals surface area contributed by atoms with Crippen LogP contribution in [0.15, 0.2) is 10.6 Å². The standard InChI is InChI=1S/C17H25N5O2/c1-11(2)17-21-19-14(24-17)6-7-15(23)22-8-4-5-13(10-22)16-12(3)9-18-20-16/h9,11,13H,4-8,10H2,1-3H3,(H,18,20). The number of carbonyl (C=O) groups is 1. The molecule has 7 heteroatoms. The van der Waals surface area contributed by atoms with Crippen molar-refractivity contribution in [3.63, 3.8) is 0 Å². The molecule has 1 saturated heterocycles. The highest BCUT2D eigenvalue weighted by Gasteiger charge is 2.26. The molecule has 7 nitrogen and oxygen atoms in total. The first-order valence-electron chi connectivity index (χ1n) is 8.64. The number of hydrogen-bond acceptors (Lipinski definition) is 5. The van der Waals surface area contributed by atoms with E-state index in [4.69, 9.17) is 4.42 Å². The van der Waals surface area contributed by atoms with Gasteiger partial charge in [0.2, 0.25) is 17.7 Å². The highest BCUT2D eigenvalue weighted by atomic mass is 16.4. The Hall–Kier alpha value is -2.18. The van der Waals surface area contributed by atoms with Gasteiger partial charge in [-0.15, -0.1) is 10.2 Å². The van der Waals surface area contributed by atoms with Crippen molar-refractivity contribution in [2.75, 3.05) is 13.1 Å². The molecule has 2 aromatic heterocycles. The second-order valence-electron chi connectivity index (χ2n) is 6.83. The molecule has 1 fully saturated rings. The number of aryl methyl sites for hydroxylation is 2.